The van der Waals surface area contributed by atoms with Gasteiger partial charge in [0.25, 0.3) is 0 Å². The summed E-state index contributed by atoms with van der Waals surface area (Å²) in [6, 6.07) is 12.2. The highest BCUT2D eigenvalue weighted by atomic mass is 35.5. The number of halogens is 2. The first-order chi connectivity index (χ1) is 12.0. The van der Waals surface area contributed by atoms with Gasteiger partial charge in [-0.05, 0) is 12.1 Å². The van der Waals surface area contributed by atoms with E-state index in [1.54, 1.807) is 10.6 Å². The molecule has 2 aromatic carbocycles. The smallest absolute Gasteiger partial charge is 0.237 e. The molecule has 3 aromatic rings. The lowest BCUT2D eigenvalue weighted by atomic mass is 10.0. The standard InChI is InChI=1S/C18H15ClFN3O2/c1-25-18-13(19)7-12(8-14(18)20)17-16(11-5-3-2-4-6-11)22-10-23(17)9-15(21)24/h2-8,10H,9H2,1H3,(H2,21,24). The lowest BCUT2D eigenvalue weighted by Gasteiger charge is -2.12. The normalized spacial score (nSPS) is 10.7. The highest BCUT2D eigenvalue weighted by Gasteiger charge is 2.19. The molecule has 0 unspecified atom stereocenters. The number of primary amides is 1. The maximum Gasteiger partial charge on any atom is 0.237 e. The van der Waals surface area contributed by atoms with Crippen LogP contribution in [0.15, 0.2) is 48.8 Å². The Morgan fingerprint density at radius 2 is 2.00 bits per heavy atom. The maximum absolute atomic E-state index is 14.3. The van der Waals surface area contributed by atoms with Crippen LogP contribution in [0.1, 0.15) is 0 Å². The fraction of sp³-hybridized carbons (Fsp3) is 0.111. The molecule has 25 heavy (non-hydrogen) atoms. The fourth-order valence-electron chi connectivity index (χ4n) is 2.67. The molecule has 0 radical (unpaired) electrons. The van der Waals surface area contributed by atoms with E-state index in [-0.39, 0.29) is 17.3 Å². The Hall–Kier alpha value is -2.86. The Morgan fingerprint density at radius 1 is 1.28 bits per heavy atom. The molecular formula is C18H15ClFN3O2. The topological polar surface area (TPSA) is 70.1 Å². The van der Waals surface area contributed by atoms with Crippen LogP contribution in [0.2, 0.25) is 5.02 Å². The van der Waals surface area contributed by atoms with Crippen molar-refractivity contribution < 1.29 is 13.9 Å². The molecule has 0 saturated heterocycles. The minimum atomic E-state index is -0.601. The molecule has 1 amide bonds. The van der Waals surface area contributed by atoms with E-state index in [2.05, 4.69) is 4.98 Å². The summed E-state index contributed by atoms with van der Waals surface area (Å²) < 4.78 is 20.8. The van der Waals surface area contributed by atoms with E-state index in [0.717, 1.165) is 5.56 Å². The van der Waals surface area contributed by atoms with Crippen LogP contribution in [0.4, 0.5) is 4.39 Å². The first-order valence-corrected chi connectivity index (χ1v) is 7.81. The third-order valence-corrected chi connectivity index (χ3v) is 3.97. The van der Waals surface area contributed by atoms with E-state index >= 15 is 0 Å². The zero-order valence-corrected chi connectivity index (χ0v) is 14.1. The summed E-state index contributed by atoms with van der Waals surface area (Å²) in [5, 5.41) is 0.128. The van der Waals surface area contributed by atoms with Crippen molar-refractivity contribution in [2.45, 2.75) is 6.54 Å². The van der Waals surface area contributed by atoms with Gasteiger partial charge in [-0.3, -0.25) is 4.79 Å². The van der Waals surface area contributed by atoms with Gasteiger partial charge < -0.3 is 15.0 Å². The maximum atomic E-state index is 14.3. The Kier molecular flexibility index (Phi) is 4.72. The first-order valence-electron chi connectivity index (χ1n) is 7.43. The lowest BCUT2D eigenvalue weighted by Crippen LogP contribution is -2.18. The second-order valence-electron chi connectivity index (χ2n) is 5.38. The molecule has 0 aliphatic rings. The minimum Gasteiger partial charge on any atom is -0.492 e. The molecule has 0 saturated carbocycles. The predicted molar refractivity (Wildman–Crippen MR) is 93.8 cm³/mol. The van der Waals surface area contributed by atoms with E-state index in [1.807, 2.05) is 30.3 Å². The third-order valence-electron chi connectivity index (χ3n) is 3.69. The van der Waals surface area contributed by atoms with Crippen LogP contribution in [-0.2, 0) is 11.3 Å². The van der Waals surface area contributed by atoms with Gasteiger partial charge in [0.05, 0.1) is 29.8 Å². The Bertz CT molecular complexity index is 902. The number of hydrogen-bond acceptors (Lipinski definition) is 3. The third kappa shape index (κ3) is 3.34. The van der Waals surface area contributed by atoms with Gasteiger partial charge in [0.1, 0.15) is 6.54 Å². The molecule has 0 bridgehead atoms. The Morgan fingerprint density at radius 3 is 2.60 bits per heavy atom. The zero-order chi connectivity index (χ0) is 18.0. The van der Waals surface area contributed by atoms with E-state index < -0.39 is 11.7 Å². The van der Waals surface area contributed by atoms with Crippen LogP contribution >= 0.6 is 11.6 Å². The second kappa shape index (κ2) is 6.94. The second-order valence-corrected chi connectivity index (χ2v) is 5.78. The summed E-state index contributed by atoms with van der Waals surface area (Å²) in [4.78, 5) is 15.8. The summed E-state index contributed by atoms with van der Waals surface area (Å²) in [6.07, 6.45) is 1.50. The van der Waals surface area contributed by atoms with Gasteiger partial charge in [0, 0.05) is 11.1 Å². The van der Waals surface area contributed by atoms with Crippen molar-refractivity contribution in [3.63, 3.8) is 0 Å². The van der Waals surface area contributed by atoms with Crippen molar-refractivity contribution >= 4 is 17.5 Å². The van der Waals surface area contributed by atoms with Gasteiger partial charge >= 0.3 is 0 Å². The van der Waals surface area contributed by atoms with Gasteiger partial charge in [-0.15, -0.1) is 0 Å². The van der Waals surface area contributed by atoms with Crippen LogP contribution < -0.4 is 10.5 Å². The molecule has 0 fully saturated rings. The van der Waals surface area contributed by atoms with Crippen molar-refractivity contribution in [3.05, 3.63) is 59.6 Å². The molecule has 0 spiro atoms. The highest BCUT2D eigenvalue weighted by Crippen LogP contribution is 2.37. The van der Waals surface area contributed by atoms with E-state index in [9.17, 15) is 9.18 Å². The predicted octanol–water partition coefficient (Wildman–Crippen LogP) is 3.50. The number of aromatic nitrogens is 2. The summed E-state index contributed by atoms with van der Waals surface area (Å²) in [6.45, 7) is -0.0829. The van der Waals surface area contributed by atoms with Gasteiger partial charge in [0.2, 0.25) is 5.91 Å². The van der Waals surface area contributed by atoms with Gasteiger partial charge in [0.15, 0.2) is 11.6 Å². The monoisotopic (exact) mass is 359 g/mol. The number of methoxy groups -OCH3 is 1. The molecule has 1 heterocycles. The highest BCUT2D eigenvalue weighted by molar-refractivity contribution is 6.32. The van der Waals surface area contributed by atoms with Crippen molar-refractivity contribution in [1.82, 2.24) is 9.55 Å². The summed E-state index contributed by atoms with van der Waals surface area (Å²) in [7, 11) is 1.34. The summed E-state index contributed by atoms with van der Waals surface area (Å²) in [5.41, 5.74) is 7.77. The summed E-state index contributed by atoms with van der Waals surface area (Å²) >= 11 is 6.12. The van der Waals surface area contributed by atoms with Crippen LogP contribution in [-0.4, -0.2) is 22.6 Å². The number of rotatable bonds is 5. The average Bonchev–Trinajstić information content (AvgIpc) is 2.98. The van der Waals surface area contributed by atoms with Crippen molar-refractivity contribution in [2.24, 2.45) is 5.73 Å². The number of carbonyl (C=O) groups is 1. The summed E-state index contributed by atoms with van der Waals surface area (Å²) in [5.74, 6) is -1.16. The molecule has 128 valence electrons. The van der Waals surface area contributed by atoms with Crippen LogP contribution in [0.3, 0.4) is 0 Å². The molecular weight excluding hydrogens is 345 g/mol. The van der Waals surface area contributed by atoms with Crippen LogP contribution in [0.5, 0.6) is 5.75 Å². The Balaban J connectivity index is 2.23. The average molecular weight is 360 g/mol. The molecule has 0 aliphatic heterocycles. The largest absolute Gasteiger partial charge is 0.492 e. The first kappa shape index (κ1) is 17.0. The zero-order valence-electron chi connectivity index (χ0n) is 13.4. The van der Waals surface area contributed by atoms with Gasteiger partial charge in [-0.2, -0.15) is 0 Å². The van der Waals surface area contributed by atoms with Crippen molar-refractivity contribution in [1.29, 1.82) is 0 Å². The minimum absolute atomic E-state index is 0.0346. The SMILES string of the molecule is COc1c(F)cc(-c2c(-c3ccccc3)ncn2CC(N)=O)cc1Cl. The molecule has 5 nitrogen and oxygen atoms in total. The number of imidazole rings is 1. The van der Waals surface area contributed by atoms with Crippen molar-refractivity contribution in [2.75, 3.05) is 7.11 Å². The van der Waals surface area contributed by atoms with Crippen LogP contribution in [0, 0.1) is 5.82 Å². The number of ether oxygens (including phenoxy) is 1. The number of amides is 1. The number of carbonyl (C=O) groups excluding carboxylic acids is 1. The lowest BCUT2D eigenvalue weighted by molar-refractivity contribution is -0.118. The van der Waals surface area contributed by atoms with Crippen molar-refractivity contribution in [3.8, 4) is 28.3 Å². The van der Waals surface area contributed by atoms with Crippen LogP contribution in [0.25, 0.3) is 22.5 Å². The quantitative estimate of drug-likeness (QED) is 0.758. The van der Waals surface area contributed by atoms with E-state index in [4.69, 9.17) is 22.1 Å². The fourth-order valence-corrected chi connectivity index (χ4v) is 2.96. The molecule has 2 N–H and O–H groups in total. The molecule has 7 heteroatoms. The van der Waals surface area contributed by atoms with E-state index in [0.29, 0.717) is 17.0 Å². The molecule has 0 atom stereocenters. The van der Waals surface area contributed by atoms with E-state index in [1.165, 1.54) is 19.5 Å². The molecule has 0 aliphatic carbocycles. The number of benzene rings is 2. The Labute approximate surface area is 148 Å². The number of nitrogens with zero attached hydrogens (tertiary/aromatic N) is 2. The van der Waals surface area contributed by atoms with Gasteiger partial charge in [-0.1, -0.05) is 41.9 Å². The molecule has 1 aromatic heterocycles. The van der Waals surface area contributed by atoms with Gasteiger partial charge in [-0.25, -0.2) is 9.37 Å². The number of nitrogens with two attached hydrogens (primary N) is 1. The number of hydrogen-bond donors (Lipinski definition) is 1. The molecule has 3 rings (SSSR count).